The van der Waals surface area contributed by atoms with E-state index in [4.69, 9.17) is 16.3 Å². The van der Waals surface area contributed by atoms with Gasteiger partial charge in [-0.25, -0.2) is 4.98 Å². The molecule has 1 rings (SSSR count). The minimum absolute atomic E-state index is 0.309. The summed E-state index contributed by atoms with van der Waals surface area (Å²) >= 11 is 7.24. The molecule has 0 aromatic carbocycles. The van der Waals surface area contributed by atoms with Crippen molar-refractivity contribution in [3.63, 3.8) is 0 Å². The number of hydrogen-bond acceptors (Lipinski definition) is 3. The first-order valence-electron chi connectivity index (χ1n) is 4.37. The van der Waals surface area contributed by atoms with Crippen LogP contribution in [0.25, 0.3) is 0 Å². The minimum atomic E-state index is 0.309. The van der Waals surface area contributed by atoms with E-state index in [9.17, 15) is 0 Å². The van der Waals surface area contributed by atoms with Gasteiger partial charge in [-0.05, 0) is 13.3 Å². The summed E-state index contributed by atoms with van der Waals surface area (Å²) in [5.41, 5.74) is 0.939. The number of rotatable bonds is 5. The van der Waals surface area contributed by atoms with Crippen molar-refractivity contribution in [1.29, 1.82) is 0 Å². The van der Waals surface area contributed by atoms with E-state index in [2.05, 4.69) is 18.8 Å². The quantitative estimate of drug-likeness (QED) is 0.710. The number of hydrogen-bond donors (Lipinski definition) is 0. The van der Waals surface area contributed by atoms with Crippen LogP contribution >= 0.6 is 22.9 Å². The average Bonchev–Trinajstić information content (AvgIpc) is 2.61. The van der Waals surface area contributed by atoms with Crippen LogP contribution in [0, 0.1) is 0 Å². The van der Waals surface area contributed by atoms with E-state index in [0.29, 0.717) is 18.6 Å². The Balaban J connectivity index is 2.36. The van der Waals surface area contributed by atoms with Crippen LogP contribution in [0.2, 0.25) is 0 Å². The number of aromatic nitrogens is 1. The highest BCUT2D eigenvalue weighted by molar-refractivity contribution is 7.09. The van der Waals surface area contributed by atoms with Crippen molar-refractivity contribution in [2.45, 2.75) is 38.9 Å². The second-order valence-corrected chi connectivity index (χ2v) is 4.11. The summed E-state index contributed by atoms with van der Waals surface area (Å²) in [7, 11) is 0. The van der Waals surface area contributed by atoms with Crippen LogP contribution in [0.1, 0.15) is 31.0 Å². The van der Waals surface area contributed by atoms with Crippen LogP contribution in [0.5, 0.6) is 0 Å². The van der Waals surface area contributed by atoms with E-state index in [1.54, 1.807) is 11.3 Å². The molecule has 1 unspecified atom stereocenters. The summed E-state index contributed by atoms with van der Waals surface area (Å²) in [4.78, 5) is 4.30. The van der Waals surface area contributed by atoms with Crippen LogP contribution in [-0.4, -0.2) is 11.1 Å². The molecule has 0 radical (unpaired) electrons. The predicted molar refractivity (Wildman–Crippen MR) is 56.2 cm³/mol. The normalized spacial score (nSPS) is 13.2. The fourth-order valence-corrected chi connectivity index (χ4v) is 1.75. The Morgan fingerprint density at radius 2 is 2.46 bits per heavy atom. The van der Waals surface area contributed by atoms with Crippen molar-refractivity contribution >= 4 is 22.9 Å². The summed E-state index contributed by atoms with van der Waals surface area (Å²) in [6.07, 6.45) is 1.34. The fourth-order valence-electron chi connectivity index (χ4n) is 0.808. The molecular weight excluding hydrogens is 206 g/mol. The van der Waals surface area contributed by atoms with Gasteiger partial charge in [0, 0.05) is 5.38 Å². The maximum absolute atomic E-state index is 5.63. The first kappa shape index (κ1) is 11.0. The Bertz CT molecular complexity index is 252. The third-order valence-electron chi connectivity index (χ3n) is 1.80. The van der Waals surface area contributed by atoms with Gasteiger partial charge >= 0.3 is 0 Å². The standard InChI is InChI=1S/C9H14ClNOS/c1-3-7(2)12-5-9-11-8(4-10)6-13-9/h6-7H,3-5H2,1-2H3. The van der Waals surface area contributed by atoms with Crippen LogP contribution in [0.4, 0.5) is 0 Å². The van der Waals surface area contributed by atoms with Gasteiger partial charge in [0.2, 0.25) is 0 Å². The summed E-state index contributed by atoms with van der Waals surface area (Å²) in [5, 5.41) is 2.98. The van der Waals surface area contributed by atoms with Crippen molar-refractivity contribution in [3.8, 4) is 0 Å². The van der Waals surface area contributed by atoms with Crippen molar-refractivity contribution < 1.29 is 4.74 Å². The SMILES string of the molecule is CCC(C)OCc1nc(CCl)cs1. The van der Waals surface area contributed by atoms with Crippen molar-refractivity contribution in [2.24, 2.45) is 0 Å². The molecule has 1 aromatic heterocycles. The first-order valence-corrected chi connectivity index (χ1v) is 5.78. The molecule has 0 amide bonds. The Morgan fingerprint density at radius 1 is 1.69 bits per heavy atom. The van der Waals surface area contributed by atoms with Crippen LogP contribution in [-0.2, 0) is 17.2 Å². The molecule has 2 nitrogen and oxygen atoms in total. The zero-order chi connectivity index (χ0) is 9.68. The Morgan fingerprint density at radius 3 is 3.00 bits per heavy atom. The van der Waals surface area contributed by atoms with Gasteiger partial charge in [0.05, 0.1) is 24.3 Å². The van der Waals surface area contributed by atoms with Gasteiger partial charge in [0.15, 0.2) is 0 Å². The molecule has 0 fully saturated rings. The van der Waals surface area contributed by atoms with Gasteiger partial charge in [-0.15, -0.1) is 22.9 Å². The lowest BCUT2D eigenvalue weighted by atomic mass is 10.3. The fraction of sp³-hybridized carbons (Fsp3) is 0.667. The van der Waals surface area contributed by atoms with Gasteiger partial charge in [-0.2, -0.15) is 0 Å². The molecule has 0 aliphatic rings. The largest absolute Gasteiger partial charge is 0.371 e. The maximum atomic E-state index is 5.63. The Labute approximate surface area is 87.9 Å². The highest BCUT2D eigenvalue weighted by Gasteiger charge is 2.03. The molecule has 1 heterocycles. The van der Waals surface area contributed by atoms with E-state index < -0.39 is 0 Å². The molecular formula is C9H14ClNOS. The van der Waals surface area contributed by atoms with Crippen LogP contribution < -0.4 is 0 Å². The predicted octanol–water partition coefficient (Wildman–Crippen LogP) is 3.20. The molecule has 0 bridgehead atoms. The summed E-state index contributed by atoms with van der Waals surface area (Å²) in [5.74, 6) is 0.486. The van der Waals surface area contributed by atoms with E-state index in [-0.39, 0.29) is 0 Å². The monoisotopic (exact) mass is 219 g/mol. The van der Waals surface area contributed by atoms with Crippen molar-refractivity contribution in [1.82, 2.24) is 4.98 Å². The number of thiazole rings is 1. The molecule has 74 valence electrons. The summed E-state index contributed by atoms with van der Waals surface area (Å²) < 4.78 is 5.54. The molecule has 1 aromatic rings. The maximum Gasteiger partial charge on any atom is 0.119 e. The van der Waals surface area contributed by atoms with Crippen molar-refractivity contribution in [3.05, 3.63) is 16.1 Å². The lowest BCUT2D eigenvalue weighted by Gasteiger charge is -2.07. The highest BCUT2D eigenvalue weighted by Crippen LogP contribution is 2.13. The topological polar surface area (TPSA) is 22.1 Å². The molecule has 0 N–H and O–H groups in total. The average molecular weight is 220 g/mol. The van der Waals surface area contributed by atoms with Gasteiger partial charge < -0.3 is 4.74 Å². The Kier molecular flexibility index (Phi) is 4.70. The summed E-state index contributed by atoms with van der Waals surface area (Å²) in [6.45, 7) is 4.78. The second-order valence-electron chi connectivity index (χ2n) is 2.90. The zero-order valence-electron chi connectivity index (χ0n) is 7.92. The lowest BCUT2D eigenvalue weighted by Crippen LogP contribution is -2.05. The molecule has 13 heavy (non-hydrogen) atoms. The van der Waals surface area contributed by atoms with Gasteiger partial charge in [0.1, 0.15) is 5.01 Å². The third kappa shape index (κ3) is 3.63. The van der Waals surface area contributed by atoms with E-state index >= 15 is 0 Å². The van der Waals surface area contributed by atoms with Gasteiger partial charge in [-0.1, -0.05) is 6.92 Å². The van der Waals surface area contributed by atoms with Gasteiger partial charge in [-0.3, -0.25) is 0 Å². The van der Waals surface area contributed by atoms with Crippen molar-refractivity contribution in [2.75, 3.05) is 0 Å². The second kappa shape index (κ2) is 5.58. The van der Waals surface area contributed by atoms with E-state index in [1.165, 1.54) is 0 Å². The Hall–Kier alpha value is -0.120. The molecule has 0 aliphatic heterocycles. The molecule has 0 spiro atoms. The zero-order valence-corrected chi connectivity index (χ0v) is 9.49. The number of ether oxygens (including phenoxy) is 1. The van der Waals surface area contributed by atoms with E-state index in [0.717, 1.165) is 17.1 Å². The summed E-state index contributed by atoms with van der Waals surface area (Å²) in [6, 6.07) is 0. The molecule has 4 heteroatoms. The molecule has 1 atom stereocenters. The van der Waals surface area contributed by atoms with E-state index in [1.807, 2.05) is 5.38 Å². The van der Waals surface area contributed by atoms with Crippen LogP contribution in [0.3, 0.4) is 0 Å². The molecule has 0 aliphatic carbocycles. The molecule has 0 saturated heterocycles. The smallest absolute Gasteiger partial charge is 0.119 e. The highest BCUT2D eigenvalue weighted by atomic mass is 35.5. The first-order chi connectivity index (χ1) is 6.26. The number of nitrogens with zero attached hydrogens (tertiary/aromatic N) is 1. The minimum Gasteiger partial charge on any atom is -0.371 e. The lowest BCUT2D eigenvalue weighted by molar-refractivity contribution is 0.0507. The number of alkyl halides is 1. The van der Waals surface area contributed by atoms with Crippen LogP contribution in [0.15, 0.2) is 5.38 Å². The van der Waals surface area contributed by atoms with Gasteiger partial charge in [0.25, 0.3) is 0 Å². The third-order valence-corrected chi connectivity index (χ3v) is 2.95. The number of halogens is 1. The molecule has 0 saturated carbocycles.